The van der Waals surface area contributed by atoms with Gasteiger partial charge in [-0.3, -0.25) is 4.79 Å². The molecule has 2 aromatic carbocycles. The number of thioether (sulfide) groups is 1. The van der Waals surface area contributed by atoms with Crippen molar-refractivity contribution in [2.24, 2.45) is 0 Å². The first-order chi connectivity index (χ1) is 9.84. The number of Topliss-reactive ketones (excluding diaryl/α,β-unsaturated/α-hetero) is 1. The largest absolute Gasteiger partial charge is 0.346 e. The zero-order chi connectivity index (χ0) is 13.8. The third kappa shape index (κ3) is 2.78. The van der Waals surface area contributed by atoms with Crippen LogP contribution in [-0.4, -0.2) is 18.1 Å². The number of hydrogen-bond donors (Lipinski definition) is 0. The molecule has 0 unspecified atom stereocenters. The van der Waals surface area contributed by atoms with Gasteiger partial charge in [0.25, 0.3) is 0 Å². The molecule has 0 N–H and O–H groups in total. The first-order valence-corrected chi connectivity index (χ1v) is 7.59. The van der Waals surface area contributed by atoms with E-state index in [1.54, 1.807) is 11.8 Å². The van der Waals surface area contributed by atoms with Crippen molar-refractivity contribution in [1.29, 1.82) is 0 Å². The van der Waals surface area contributed by atoms with Crippen molar-refractivity contribution in [3.63, 3.8) is 0 Å². The van der Waals surface area contributed by atoms with Crippen LogP contribution in [-0.2, 0) is 0 Å². The minimum Gasteiger partial charge on any atom is -0.346 e. The van der Waals surface area contributed by atoms with E-state index < -0.39 is 0 Å². The zero-order valence-corrected chi connectivity index (χ0v) is 11.8. The summed E-state index contributed by atoms with van der Waals surface area (Å²) in [5.74, 6) is 1.04. The Labute approximate surface area is 123 Å². The van der Waals surface area contributed by atoms with E-state index in [2.05, 4.69) is 17.0 Å². The summed E-state index contributed by atoms with van der Waals surface area (Å²) in [7, 11) is 0. The van der Waals surface area contributed by atoms with E-state index in [0.29, 0.717) is 0 Å². The van der Waals surface area contributed by atoms with Crippen molar-refractivity contribution in [2.75, 3.05) is 17.2 Å². The fraction of sp³-hybridized carbons (Fsp3) is 0.118. The van der Waals surface area contributed by atoms with E-state index in [1.165, 1.54) is 0 Å². The molecule has 0 aliphatic carbocycles. The molecule has 0 saturated heterocycles. The maximum absolute atomic E-state index is 12.5. The molecule has 2 aromatic rings. The third-order valence-electron chi connectivity index (χ3n) is 3.21. The molecule has 3 heteroatoms. The molecule has 0 radical (unpaired) electrons. The van der Waals surface area contributed by atoms with Gasteiger partial charge >= 0.3 is 0 Å². The lowest BCUT2D eigenvalue weighted by Gasteiger charge is -2.26. The molecule has 20 heavy (non-hydrogen) atoms. The van der Waals surface area contributed by atoms with Crippen LogP contribution < -0.4 is 4.90 Å². The lowest BCUT2D eigenvalue weighted by Crippen LogP contribution is -2.25. The number of benzene rings is 2. The SMILES string of the molecule is O=C(C1=CN(c2ccccc2)CCS1)c1ccccc1. The lowest BCUT2D eigenvalue weighted by molar-refractivity contribution is 0.104. The highest BCUT2D eigenvalue weighted by Gasteiger charge is 2.18. The van der Waals surface area contributed by atoms with E-state index >= 15 is 0 Å². The number of ketones is 1. The summed E-state index contributed by atoms with van der Waals surface area (Å²) >= 11 is 1.63. The Morgan fingerprint density at radius 2 is 1.60 bits per heavy atom. The summed E-state index contributed by atoms with van der Waals surface area (Å²) < 4.78 is 0. The number of allylic oxidation sites excluding steroid dienone is 1. The predicted octanol–water partition coefficient (Wildman–Crippen LogP) is 3.96. The van der Waals surface area contributed by atoms with Gasteiger partial charge < -0.3 is 4.90 Å². The van der Waals surface area contributed by atoms with Crippen LogP contribution >= 0.6 is 11.8 Å². The quantitative estimate of drug-likeness (QED) is 0.794. The number of carbonyl (C=O) groups excluding carboxylic acids is 1. The van der Waals surface area contributed by atoms with Gasteiger partial charge in [0.2, 0.25) is 5.78 Å². The van der Waals surface area contributed by atoms with Crippen LogP contribution in [0.4, 0.5) is 5.69 Å². The van der Waals surface area contributed by atoms with Gasteiger partial charge in [-0.25, -0.2) is 0 Å². The molecule has 100 valence electrons. The Bertz CT molecular complexity index is 622. The number of carbonyl (C=O) groups is 1. The van der Waals surface area contributed by atoms with E-state index in [1.807, 2.05) is 54.7 Å². The van der Waals surface area contributed by atoms with Crippen LogP contribution in [0.2, 0.25) is 0 Å². The smallest absolute Gasteiger partial charge is 0.200 e. The molecule has 1 aliphatic rings. The van der Waals surface area contributed by atoms with E-state index in [0.717, 1.165) is 28.5 Å². The third-order valence-corrected chi connectivity index (χ3v) is 4.20. The van der Waals surface area contributed by atoms with Crippen LogP contribution in [0.3, 0.4) is 0 Å². The van der Waals surface area contributed by atoms with Crippen molar-refractivity contribution in [3.8, 4) is 0 Å². The van der Waals surface area contributed by atoms with Gasteiger partial charge in [-0.05, 0) is 12.1 Å². The minimum absolute atomic E-state index is 0.108. The Morgan fingerprint density at radius 1 is 0.950 bits per heavy atom. The average Bonchev–Trinajstić information content (AvgIpc) is 2.56. The molecule has 0 amide bonds. The molecule has 1 heterocycles. The predicted molar refractivity (Wildman–Crippen MR) is 85.1 cm³/mol. The number of para-hydroxylation sites is 1. The summed E-state index contributed by atoms with van der Waals surface area (Å²) in [4.78, 5) is 15.4. The maximum atomic E-state index is 12.5. The summed E-state index contributed by atoms with van der Waals surface area (Å²) in [6.45, 7) is 0.931. The van der Waals surface area contributed by atoms with Gasteiger partial charge in [-0.1, -0.05) is 48.5 Å². The molecular formula is C17H15NOS. The van der Waals surface area contributed by atoms with Crippen LogP contribution in [0.1, 0.15) is 10.4 Å². The maximum Gasteiger partial charge on any atom is 0.200 e. The number of anilines is 1. The number of rotatable bonds is 3. The van der Waals surface area contributed by atoms with Gasteiger partial charge in [-0.2, -0.15) is 0 Å². The fourth-order valence-corrected chi connectivity index (χ4v) is 3.13. The van der Waals surface area contributed by atoms with Gasteiger partial charge in [0.1, 0.15) is 0 Å². The molecule has 0 bridgehead atoms. The normalized spacial score (nSPS) is 14.8. The molecule has 0 saturated carbocycles. The van der Waals surface area contributed by atoms with E-state index in [9.17, 15) is 4.79 Å². The van der Waals surface area contributed by atoms with Crippen molar-refractivity contribution >= 4 is 23.2 Å². The Kier molecular flexibility index (Phi) is 3.88. The molecule has 0 atom stereocenters. The molecule has 3 rings (SSSR count). The van der Waals surface area contributed by atoms with E-state index in [4.69, 9.17) is 0 Å². The summed E-state index contributed by atoms with van der Waals surface area (Å²) in [6, 6.07) is 19.6. The van der Waals surface area contributed by atoms with Crippen molar-refractivity contribution < 1.29 is 4.79 Å². The van der Waals surface area contributed by atoms with Crippen LogP contribution in [0.15, 0.2) is 71.8 Å². The summed E-state index contributed by atoms with van der Waals surface area (Å²) in [6.07, 6.45) is 1.97. The topological polar surface area (TPSA) is 20.3 Å². The highest BCUT2D eigenvalue weighted by molar-refractivity contribution is 8.04. The zero-order valence-electron chi connectivity index (χ0n) is 11.0. The highest BCUT2D eigenvalue weighted by atomic mass is 32.2. The summed E-state index contributed by atoms with van der Waals surface area (Å²) in [5.41, 5.74) is 1.88. The lowest BCUT2D eigenvalue weighted by atomic mass is 10.1. The molecule has 0 fully saturated rings. The molecule has 0 spiro atoms. The molecule has 1 aliphatic heterocycles. The van der Waals surface area contributed by atoms with Crippen LogP contribution in [0.5, 0.6) is 0 Å². The van der Waals surface area contributed by atoms with Crippen LogP contribution in [0.25, 0.3) is 0 Å². The number of hydrogen-bond acceptors (Lipinski definition) is 3. The van der Waals surface area contributed by atoms with Gasteiger partial charge in [-0.15, -0.1) is 11.8 Å². The molecule has 2 nitrogen and oxygen atoms in total. The van der Waals surface area contributed by atoms with Gasteiger partial charge in [0.05, 0.1) is 4.91 Å². The van der Waals surface area contributed by atoms with Crippen molar-refractivity contribution in [1.82, 2.24) is 0 Å². The van der Waals surface area contributed by atoms with E-state index in [-0.39, 0.29) is 5.78 Å². The van der Waals surface area contributed by atoms with Crippen molar-refractivity contribution in [2.45, 2.75) is 0 Å². The first kappa shape index (κ1) is 13.0. The second-order valence-corrected chi connectivity index (χ2v) is 5.70. The second kappa shape index (κ2) is 5.97. The standard InChI is InChI=1S/C17H15NOS/c19-17(14-7-3-1-4-8-14)16-13-18(11-12-20-16)15-9-5-2-6-10-15/h1-10,13H,11-12H2. The van der Waals surface area contributed by atoms with Gasteiger partial charge in [0, 0.05) is 29.7 Å². The average molecular weight is 281 g/mol. The first-order valence-electron chi connectivity index (χ1n) is 6.60. The van der Waals surface area contributed by atoms with Gasteiger partial charge in [0.15, 0.2) is 0 Å². The fourth-order valence-electron chi connectivity index (χ4n) is 2.18. The molecular weight excluding hydrogens is 266 g/mol. The minimum atomic E-state index is 0.108. The Morgan fingerprint density at radius 3 is 2.30 bits per heavy atom. The monoisotopic (exact) mass is 281 g/mol. The van der Waals surface area contributed by atoms with Crippen molar-refractivity contribution in [3.05, 3.63) is 77.3 Å². The second-order valence-electron chi connectivity index (χ2n) is 4.57. The Balaban J connectivity index is 1.87. The van der Waals surface area contributed by atoms with Crippen LogP contribution in [0, 0.1) is 0 Å². The highest BCUT2D eigenvalue weighted by Crippen LogP contribution is 2.28. The summed E-state index contributed by atoms with van der Waals surface area (Å²) in [5, 5.41) is 0. The Hall–Kier alpha value is -2.00. The molecule has 0 aromatic heterocycles. The number of nitrogens with zero attached hydrogens (tertiary/aromatic N) is 1.